The van der Waals surface area contributed by atoms with Crippen LogP contribution < -0.4 is 18.8 Å². The summed E-state index contributed by atoms with van der Waals surface area (Å²) in [6, 6.07) is 10.1. The molecule has 2 aromatic rings. The van der Waals surface area contributed by atoms with Gasteiger partial charge >= 0.3 is 7.69 Å². The quantitative estimate of drug-likeness (QED) is 0.752. The third-order valence-electron chi connectivity index (χ3n) is 2.63. The highest BCUT2D eigenvalue weighted by Gasteiger charge is 2.09. The van der Waals surface area contributed by atoms with Gasteiger partial charge in [0.25, 0.3) is 0 Å². The number of benzene rings is 2. The number of hydrogen-bond acceptors (Lipinski definition) is 4. The van der Waals surface area contributed by atoms with E-state index >= 15 is 0 Å². The van der Waals surface area contributed by atoms with E-state index in [1.165, 1.54) is 0 Å². The highest BCUT2D eigenvalue weighted by atomic mass is 35.5. The molecule has 0 fully saturated rings. The molecule has 1 radical (unpaired) electrons. The topological polar surface area (TPSA) is 36.9 Å². The summed E-state index contributed by atoms with van der Waals surface area (Å²) >= 11 is 12.1. The van der Waals surface area contributed by atoms with Gasteiger partial charge in [-0.25, -0.2) is 0 Å². The highest BCUT2D eigenvalue weighted by Crippen LogP contribution is 2.30. The van der Waals surface area contributed by atoms with Crippen molar-refractivity contribution < 1.29 is 18.8 Å². The van der Waals surface area contributed by atoms with Crippen LogP contribution >= 0.6 is 23.2 Å². The molecule has 0 unspecified atom stereocenters. The van der Waals surface area contributed by atoms with E-state index in [2.05, 4.69) is 0 Å². The average molecular weight is 326 g/mol. The lowest BCUT2D eigenvalue weighted by Gasteiger charge is -2.10. The number of ether oxygens (including phenoxy) is 2. The predicted molar refractivity (Wildman–Crippen MR) is 83.0 cm³/mol. The van der Waals surface area contributed by atoms with Gasteiger partial charge in [0.2, 0.25) is 0 Å². The molecule has 0 N–H and O–H groups in total. The number of methoxy groups -OCH3 is 2. The number of rotatable bonds is 6. The lowest BCUT2D eigenvalue weighted by molar-refractivity contribution is 0.411. The zero-order chi connectivity index (χ0) is 15.2. The van der Waals surface area contributed by atoms with Gasteiger partial charge in [-0.1, -0.05) is 23.2 Å². The van der Waals surface area contributed by atoms with Crippen molar-refractivity contribution in [2.24, 2.45) is 0 Å². The van der Waals surface area contributed by atoms with E-state index in [1.54, 1.807) is 50.6 Å². The first-order valence-electron chi connectivity index (χ1n) is 5.96. The van der Waals surface area contributed by atoms with Crippen molar-refractivity contribution in [3.05, 3.63) is 46.4 Å². The summed E-state index contributed by atoms with van der Waals surface area (Å²) in [6.07, 6.45) is 0. The minimum absolute atomic E-state index is 0.412. The van der Waals surface area contributed by atoms with Crippen LogP contribution in [0, 0.1) is 0 Å². The summed E-state index contributed by atoms with van der Waals surface area (Å²) < 4.78 is 20.8. The largest absolute Gasteiger partial charge is 0.658 e. The second kappa shape index (κ2) is 7.34. The lowest BCUT2D eigenvalue weighted by atomic mass is 10.2. The van der Waals surface area contributed by atoms with Crippen LogP contribution in [0.1, 0.15) is 0 Å². The van der Waals surface area contributed by atoms with E-state index < -0.39 is 0 Å². The Kier molecular flexibility index (Phi) is 5.48. The third-order valence-corrected chi connectivity index (χ3v) is 3.22. The molecular weight excluding hydrogens is 314 g/mol. The predicted octanol–water partition coefficient (Wildman–Crippen LogP) is 4.00. The Morgan fingerprint density at radius 3 is 1.52 bits per heavy atom. The standard InChI is InChI=1S/C14H12BCl2O4/c1-18-9-3-5-13(11(16)7-9)20-15-21-14-6-4-10(19-2)8-12(14)17/h3-8H,1-2H3. The molecule has 0 heterocycles. The minimum Gasteiger partial charge on any atom is -0.525 e. The number of hydrogen-bond donors (Lipinski definition) is 0. The van der Waals surface area contributed by atoms with E-state index in [1.807, 2.05) is 0 Å². The van der Waals surface area contributed by atoms with Gasteiger partial charge in [0.15, 0.2) is 0 Å². The van der Waals surface area contributed by atoms with E-state index in [0.717, 1.165) is 7.69 Å². The van der Waals surface area contributed by atoms with Crippen molar-refractivity contribution in [2.75, 3.05) is 14.2 Å². The minimum atomic E-state index is 0.412. The van der Waals surface area contributed by atoms with Gasteiger partial charge in [-0.15, -0.1) is 0 Å². The Morgan fingerprint density at radius 1 is 0.762 bits per heavy atom. The molecule has 0 aliphatic rings. The summed E-state index contributed by atoms with van der Waals surface area (Å²) in [5, 5.41) is 0.824. The summed E-state index contributed by atoms with van der Waals surface area (Å²) in [5.41, 5.74) is 0. The van der Waals surface area contributed by atoms with Gasteiger partial charge in [0.05, 0.1) is 24.3 Å². The lowest BCUT2D eigenvalue weighted by Crippen LogP contribution is -2.11. The van der Waals surface area contributed by atoms with Gasteiger partial charge in [-0.3, -0.25) is 0 Å². The fourth-order valence-electron chi connectivity index (χ4n) is 1.54. The molecule has 21 heavy (non-hydrogen) atoms. The molecule has 4 nitrogen and oxygen atoms in total. The molecule has 0 aliphatic carbocycles. The van der Waals surface area contributed by atoms with E-state index in [9.17, 15) is 0 Å². The Labute approximate surface area is 133 Å². The van der Waals surface area contributed by atoms with Crippen molar-refractivity contribution in [3.8, 4) is 23.0 Å². The van der Waals surface area contributed by atoms with Gasteiger partial charge < -0.3 is 18.8 Å². The molecule has 0 atom stereocenters. The van der Waals surface area contributed by atoms with Crippen LogP contribution in [0.2, 0.25) is 10.0 Å². The molecular formula is C14H12BCl2O4. The van der Waals surface area contributed by atoms with Crippen molar-refractivity contribution in [1.82, 2.24) is 0 Å². The van der Waals surface area contributed by atoms with E-state index in [0.29, 0.717) is 33.0 Å². The zero-order valence-corrected chi connectivity index (χ0v) is 12.9. The molecule has 0 saturated carbocycles. The van der Waals surface area contributed by atoms with E-state index in [-0.39, 0.29) is 0 Å². The van der Waals surface area contributed by atoms with Crippen LogP contribution in [-0.2, 0) is 0 Å². The maximum absolute atomic E-state index is 6.04. The third kappa shape index (κ3) is 4.13. The van der Waals surface area contributed by atoms with E-state index in [4.69, 9.17) is 42.0 Å². The van der Waals surface area contributed by atoms with Crippen LogP contribution in [0.5, 0.6) is 23.0 Å². The fourth-order valence-corrected chi connectivity index (χ4v) is 1.97. The molecule has 0 spiro atoms. The van der Waals surface area contributed by atoms with Crippen LogP contribution in [-0.4, -0.2) is 21.9 Å². The smallest absolute Gasteiger partial charge is 0.525 e. The summed E-state index contributed by atoms with van der Waals surface area (Å²) in [5.74, 6) is 2.18. The molecule has 109 valence electrons. The SMILES string of the molecule is COc1ccc(O[B]Oc2ccc(OC)cc2Cl)c(Cl)c1. The molecule has 0 aliphatic heterocycles. The van der Waals surface area contributed by atoms with Crippen molar-refractivity contribution in [2.45, 2.75) is 0 Å². The van der Waals surface area contributed by atoms with Gasteiger partial charge in [-0.2, -0.15) is 0 Å². The summed E-state index contributed by atoms with van der Waals surface area (Å²) in [7, 11) is 4.28. The molecule has 2 aromatic carbocycles. The summed E-state index contributed by atoms with van der Waals surface area (Å²) in [4.78, 5) is 0. The van der Waals surface area contributed by atoms with Crippen molar-refractivity contribution in [3.63, 3.8) is 0 Å². The van der Waals surface area contributed by atoms with Crippen LogP contribution in [0.3, 0.4) is 0 Å². The number of halogens is 2. The normalized spacial score (nSPS) is 9.90. The van der Waals surface area contributed by atoms with Gasteiger partial charge in [0.1, 0.15) is 23.0 Å². The Morgan fingerprint density at radius 2 is 1.19 bits per heavy atom. The first-order valence-corrected chi connectivity index (χ1v) is 6.71. The molecule has 0 aromatic heterocycles. The van der Waals surface area contributed by atoms with Gasteiger partial charge in [0, 0.05) is 12.1 Å². The average Bonchev–Trinajstić information content (AvgIpc) is 2.50. The molecule has 2 rings (SSSR count). The van der Waals surface area contributed by atoms with Crippen molar-refractivity contribution >= 4 is 30.9 Å². The van der Waals surface area contributed by atoms with Crippen LogP contribution in [0.15, 0.2) is 36.4 Å². The first-order chi connectivity index (χ1) is 10.1. The second-order valence-corrected chi connectivity index (χ2v) is 4.74. The monoisotopic (exact) mass is 325 g/mol. The van der Waals surface area contributed by atoms with Crippen molar-refractivity contribution in [1.29, 1.82) is 0 Å². The maximum Gasteiger partial charge on any atom is 0.658 e. The van der Waals surface area contributed by atoms with Crippen LogP contribution in [0.25, 0.3) is 0 Å². The molecule has 0 amide bonds. The molecule has 7 heteroatoms. The highest BCUT2D eigenvalue weighted by molar-refractivity contribution is 6.34. The maximum atomic E-state index is 6.04. The molecule has 0 saturated heterocycles. The Bertz CT molecular complexity index is 568. The second-order valence-electron chi connectivity index (χ2n) is 3.92. The molecule has 0 bridgehead atoms. The fraction of sp³-hybridized carbons (Fsp3) is 0.143. The van der Waals surface area contributed by atoms with Crippen LogP contribution in [0.4, 0.5) is 0 Å². The first kappa shape index (κ1) is 15.7. The zero-order valence-electron chi connectivity index (χ0n) is 11.4. The van der Waals surface area contributed by atoms with Gasteiger partial charge in [-0.05, 0) is 24.3 Å². The Hall–Kier alpha value is -1.72. The summed E-state index contributed by atoms with van der Waals surface area (Å²) in [6.45, 7) is 0. The Balaban J connectivity index is 1.95.